The zero-order valence-corrected chi connectivity index (χ0v) is 19.3. The number of ether oxygens (including phenoxy) is 1. The number of benzene rings is 1. The number of amides is 1. The molecule has 1 fully saturated rings. The number of nitrogen functional groups attached to an aromatic ring is 1. The third-order valence-corrected chi connectivity index (χ3v) is 6.69. The summed E-state index contributed by atoms with van der Waals surface area (Å²) < 4.78 is 35.0. The first-order chi connectivity index (χ1) is 15.9. The summed E-state index contributed by atoms with van der Waals surface area (Å²) in [5, 5.41) is 5.93. The number of nitrogens with two attached hydrogens (primary N) is 1. The Morgan fingerprint density at radius 1 is 1.39 bits per heavy atom. The smallest absolute Gasteiger partial charge is 0.263 e. The average Bonchev–Trinajstić information content (AvgIpc) is 2.96. The normalized spacial score (nSPS) is 16.7. The van der Waals surface area contributed by atoms with E-state index in [0.29, 0.717) is 42.2 Å². The molecule has 1 saturated heterocycles. The lowest BCUT2D eigenvalue weighted by atomic mass is 10.1. The van der Waals surface area contributed by atoms with Crippen LogP contribution in [0.2, 0.25) is 0 Å². The minimum atomic E-state index is -0.643. The summed E-state index contributed by atoms with van der Waals surface area (Å²) in [5.74, 6) is -1.71. The van der Waals surface area contributed by atoms with Crippen molar-refractivity contribution in [3.8, 4) is 0 Å². The highest BCUT2D eigenvalue weighted by molar-refractivity contribution is 7.21. The van der Waals surface area contributed by atoms with Crippen LogP contribution in [0, 0.1) is 18.6 Å². The molecule has 4 rings (SSSR count). The molecule has 3 heterocycles. The van der Waals surface area contributed by atoms with Crippen molar-refractivity contribution in [2.45, 2.75) is 19.4 Å². The highest BCUT2D eigenvalue weighted by Crippen LogP contribution is 2.31. The van der Waals surface area contributed by atoms with Crippen LogP contribution in [-0.4, -0.2) is 61.8 Å². The highest BCUT2D eigenvalue weighted by Gasteiger charge is 2.21. The van der Waals surface area contributed by atoms with E-state index < -0.39 is 17.5 Å². The van der Waals surface area contributed by atoms with E-state index in [1.165, 1.54) is 12.1 Å². The van der Waals surface area contributed by atoms with Gasteiger partial charge in [0.05, 0.1) is 17.5 Å². The summed E-state index contributed by atoms with van der Waals surface area (Å²) in [4.78, 5) is 23.9. The van der Waals surface area contributed by atoms with Crippen LogP contribution < -0.4 is 21.3 Å². The van der Waals surface area contributed by atoms with Crippen LogP contribution >= 0.6 is 11.3 Å². The maximum atomic E-state index is 14.8. The van der Waals surface area contributed by atoms with Crippen LogP contribution in [0.25, 0.3) is 10.3 Å². The molecular weight excluding hydrogens is 450 g/mol. The number of hydrogen-bond acceptors (Lipinski definition) is 8. The monoisotopic (exact) mass is 476 g/mol. The molecule has 0 bridgehead atoms. The number of carbonyl (C=O) groups is 1. The van der Waals surface area contributed by atoms with Gasteiger partial charge in [-0.1, -0.05) is 0 Å². The van der Waals surface area contributed by atoms with Gasteiger partial charge in [0.15, 0.2) is 0 Å². The van der Waals surface area contributed by atoms with E-state index in [1.54, 1.807) is 20.2 Å². The number of anilines is 2. The van der Waals surface area contributed by atoms with Crippen LogP contribution in [0.1, 0.15) is 20.9 Å². The second-order valence-electron chi connectivity index (χ2n) is 7.91. The lowest BCUT2D eigenvalue weighted by molar-refractivity contribution is 0.0958. The van der Waals surface area contributed by atoms with Crippen molar-refractivity contribution >= 4 is 39.0 Å². The van der Waals surface area contributed by atoms with Gasteiger partial charge in [-0.2, -0.15) is 0 Å². The Morgan fingerprint density at radius 2 is 2.15 bits per heavy atom. The van der Waals surface area contributed by atoms with Gasteiger partial charge in [-0.15, -0.1) is 11.3 Å². The molecular formula is C22H26F2N6O2S. The largest absolute Gasteiger partial charge is 0.396 e. The molecule has 33 heavy (non-hydrogen) atoms. The van der Waals surface area contributed by atoms with Gasteiger partial charge in [0.2, 0.25) is 0 Å². The lowest BCUT2D eigenvalue weighted by Gasteiger charge is -2.26. The molecule has 1 unspecified atom stereocenters. The van der Waals surface area contributed by atoms with E-state index in [4.69, 9.17) is 10.5 Å². The maximum Gasteiger partial charge on any atom is 0.263 e. The first-order valence-corrected chi connectivity index (χ1v) is 11.4. The number of aromatic nitrogens is 2. The summed E-state index contributed by atoms with van der Waals surface area (Å²) in [6, 6.07) is 2.67. The summed E-state index contributed by atoms with van der Waals surface area (Å²) >= 11 is 1.14. The summed E-state index contributed by atoms with van der Waals surface area (Å²) in [6.45, 7) is 4.40. The Morgan fingerprint density at radius 3 is 2.88 bits per heavy atom. The molecule has 0 saturated carbocycles. The van der Waals surface area contributed by atoms with Crippen molar-refractivity contribution < 1.29 is 18.3 Å². The van der Waals surface area contributed by atoms with Gasteiger partial charge >= 0.3 is 0 Å². The number of halogens is 2. The molecule has 3 aromatic rings. The summed E-state index contributed by atoms with van der Waals surface area (Å²) in [6.07, 6.45) is 1.52. The van der Waals surface area contributed by atoms with Gasteiger partial charge in [-0.05, 0) is 25.5 Å². The van der Waals surface area contributed by atoms with E-state index in [1.807, 2.05) is 4.90 Å². The SMILES string of the molecule is COC1CNCCN(c2cc(F)c(CCNC(=O)c3sc4nc(C)cnc4c3N)c(F)c2)C1. The number of nitrogens with one attached hydrogen (secondary N) is 2. The lowest BCUT2D eigenvalue weighted by Crippen LogP contribution is -2.34. The quantitative estimate of drug-likeness (QED) is 0.501. The number of nitrogens with zero attached hydrogens (tertiary/aromatic N) is 3. The van der Waals surface area contributed by atoms with Gasteiger partial charge in [0, 0.05) is 57.3 Å². The van der Waals surface area contributed by atoms with Gasteiger partial charge in [0.25, 0.3) is 5.91 Å². The summed E-state index contributed by atoms with van der Waals surface area (Å²) in [7, 11) is 1.62. The fourth-order valence-electron chi connectivity index (χ4n) is 3.80. The van der Waals surface area contributed by atoms with E-state index in [-0.39, 0.29) is 35.2 Å². The van der Waals surface area contributed by atoms with Crippen molar-refractivity contribution in [3.63, 3.8) is 0 Å². The number of rotatable bonds is 6. The van der Waals surface area contributed by atoms with Crippen LogP contribution in [0.3, 0.4) is 0 Å². The van der Waals surface area contributed by atoms with E-state index in [0.717, 1.165) is 17.0 Å². The van der Waals surface area contributed by atoms with Crippen molar-refractivity contribution in [1.82, 2.24) is 20.6 Å². The molecule has 1 amide bonds. The Labute approximate surface area is 194 Å². The Hall–Kier alpha value is -2.89. The van der Waals surface area contributed by atoms with Crippen molar-refractivity contribution in [2.24, 2.45) is 0 Å². The molecule has 1 atom stereocenters. The minimum Gasteiger partial charge on any atom is -0.396 e. The maximum absolute atomic E-state index is 14.8. The third-order valence-electron chi connectivity index (χ3n) is 5.61. The number of thiophene rings is 1. The van der Waals surface area contributed by atoms with Gasteiger partial charge in [0.1, 0.15) is 26.9 Å². The predicted molar refractivity (Wildman–Crippen MR) is 125 cm³/mol. The van der Waals surface area contributed by atoms with Crippen molar-refractivity contribution in [2.75, 3.05) is 50.5 Å². The van der Waals surface area contributed by atoms with Gasteiger partial charge in [-0.25, -0.2) is 18.7 Å². The molecule has 1 aromatic carbocycles. The Kier molecular flexibility index (Phi) is 7.01. The molecule has 11 heteroatoms. The number of methoxy groups -OCH3 is 1. The zero-order valence-electron chi connectivity index (χ0n) is 18.5. The van der Waals surface area contributed by atoms with Gasteiger partial charge in [-0.3, -0.25) is 4.79 Å². The number of aryl methyl sites for hydroxylation is 1. The molecule has 0 spiro atoms. The number of carbonyl (C=O) groups excluding carboxylic acids is 1. The fourth-order valence-corrected chi connectivity index (χ4v) is 4.82. The van der Waals surface area contributed by atoms with Crippen molar-refractivity contribution in [1.29, 1.82) is 0 Å². The molecule has 1 aliphatic rings. The van der Waals surface area contributed by atoms with Crippen LogP contribution in [0.15, 0.2) is 18.3 Å². The van der Waals surface area contributed by atoms with E-state index >= 15 is 0 Å². The van der Waals surface area contributed by atoms with Crippen LogP contribution in [0.4, 0.5) is 20.2 Å². The van der Waals surface area contributed by atoms with E-state index in [2.05, 4.69) is 20.6 Å². The molecule has 1 aliphatic heterocycles. The fraction of sp³-hybridized carbons (Fsp3) is 0.409. The zero-order chi connectivity index (χ0) is 23.5. The molecule has 176 valence electrons. The minimum absolute atomic E-state index is 0.00630. The Bertz CT molecular complexity index is 1150. The number of fused-ring (bicyclic) bond motifs is 1. The highest BCUT2D eigenvalue weighted by atomic mass is 32.1. The molecule has 0 radical (unpaired) electrons. The second-order valence-corrected chi connectivity index (χ2v) is 8.91. The van der Waals surface area contributed by atoms with Crippen LogP contribution in [0.5, 0.6) is 0 Å². The van der Waals surface area contributed by atoms with Gasteiger partial charge < -0.3 is 26.0 Å². The molecule has 2 aromatic heterocycles. The standard InChI is InChI=1S/C22H26F2N6O2S/c1-12-9-28-19-18(25)20(33-22(19)29-12)21(31)27-4-3-15-16(23)7-13(8-17(15)24)30-6-5-26-10-14(11-30)32-2/h7-9,14,26H,3-6,10-11,25H2,1-2H3,(H,27,31). The first kappa shape index (κ1) is 23.3. The number of hydrogen-bond donors (Lipinski definition) is 3. The molecule has 4 N–H and O–H groups in total. The van der Waals surface area contributed by atoms with Crippen molar-refractivity contribution in [3.05, 3.63) is 46.1 Å². The average molecular weight is 477 g/mol. The van der Waals surface area contributed by atoms with E-state index in [9.17, 15) is 13.6 Å². The molecule has 0 aliphatic carbocycles. The predicted octanol–water partition coefficient (Wildman–Crippen LogP) is 2.26. The first-order valence-electron chi connectivity index (χ1n) is 10.6. The van der Waals surface area contributed by atoms with Crippen LogP contribution in [-0.2, 0) is 11.2 Å². The summed E-state index contributed by atoms with van der Waals surface area (Å²) in [5.41, 5.74) is 7.90. The third kappa shape index (κ3) is 5.05. The second kappa shape index (κ2) is 9.94. The Balaban J connectivity index is 1.42. The molecule has 8 nitrogen and oxygen atoms in total. The topological polar surface area (TPSA) is 105 Å².